The molecule has 1 aromatic heterocycles. The van der Waals surface area contributed by atoms with Crippen LogP contribution < -0.4 is 4.57 Å². The van der Waals surface area contributed by atoms with Crippen molar-refractivity contribution in [3.8, 4) is 45.1 Å². The molecule has 0 spiro atoms. The lowest BCUT2D eigenvalue weighted by molar-refractivity contribution is -0.689. The second-order valence-electron chi connectivity index (χ2n) is 9.05. The number of aromatic hydroxyl groups is 2. The molecule has 1 heterocycles. The number of hydrogen-bond acceptors (Lipinski definition) is 4. The predicted octanol–water partition coefficient (Wildman–Crippen LogP) is 6.34. The van der Waals surface area contributed by atoms with Gasteiger partial charge in [-0.2, -0.15) is 4.57 Å². The molecule has 188 valence electrons. The summed E-state index contributed by atoms with van der Waals surface area (Å²) in [5.74, 6) is -0.857. The molecule has 0 aliphatic rings. The molecule has 1 unspecified atom stereocenters. The first-order chi connectivity index (χ1) is 18.5. The Hall–Kier alpha value is -4.90. The average molecular weight is 503 g/mol. The van der Waals surface area contributed by atoms with Crippen LogP contribution in [-0.4, -0.2) is 23.3 Å². The van der Waals surface area contributed by atoms with Crippen molar-refractivity contribution in [2.45, 2.75) is 12.5 Å². The molecule has 0 saturated heterocycles. The van der Waals surface area contributed by atoms with Gasteiger partial charge in [-0.3, -0.25) is 0 Å². The molecular formula is C33H28NO4+. The lowest BCUT2D eigenvalue weighted by Crippen LogP contribution is -2.49. The van der Waals surface area contributed by atoms with Crippen LogP contribution in [0.1, 0.15) is 11.6 Å². The third-order valence-corrected chi connectivity index (χ3v) is 6.60. The molecule has 2 N–H and O–H groups in total. The topological polar surface area (TPSA) is 70.6 Å². The Morgan fingerprint density at radius 3 is 1.63 bits per heavy atom. The summed E-state index contributed by atoms with van der Waals surface area (Å²) >= 11 is 0. The predicted molar refractivity (Wildman–Crippen MR) is 147 cm³/mol. The van der Waals surface area contributed by atoms with Crippen LogP contribution in [0.25, 0.3) is 33.6 Å². The van der Waals surface area contributed by atoms with Crippen LogP contribution in [0.2, 0.25) is 0 Å². The van der Waals surface area contributed by atoms with Crippen molar-refractivity contribution in [1.82, 2.24) is 0 Å². The minimum absolute atomic E-state index is 0.210. The SMILES string of the molecule is COC(=O)C(Cc1ccc(O)c(O)c1)[n+]1c(-c2ccccc2)cc(-c2ccccc2)cc1-c1ccccc1. The van der Waals surface area contributed by atoms with E-state index in [4.69, 9.17) is 4.74 Å². The van der Waals surface area contributed by atoms with Gasteiger partial charge in [-0.15, -0.1) is 0 Å². The van der Waals surface area contributed by atoms with Crippen molar-refractivity contribution in [2.24, 2.45) is 0 Å². The molecule has 0 radical (unpaired) electrons. The van der Waals surface area contributed by atoms with E-state index >= 15 is 0 Å². The molecule has 0 amide bonds. The molecule has 0 fully saturated rings. The van der Waals surface area contributed by atoms with Crippen molar-refractivity contribution in [3.05, 3.63) is 127 Å². The van der Waals surface area contributed by atoms with Crippen molar-refractivity contribution in [3.63, 3.8) is 0 Å². The maximum absolute atomic E-state index is 13.4. The second kappa shape index (κ2) is 11.0. The molecule has 0 aliphatic heterocycles. The molecule has 5 nitrogen and oxygen atoms in total. The van der Waals surface area contributed by atoms with Gasteiger partial charge in [0.2, 0.25) is 11.4 Å². The zero-order valence-corrected chi connectivity index (χ0v) is 21.0. The second-order valence-corrected chi connectivity index (χ2v) is 9.05. The molecule has 5 rings (SSSR count). The van der Waals surface area contributed by atoms with E-state index in [0.717, 1.165) is 33.6 Å². The van der Waals surface area contributed by atoms with Crippen molar-refractivity contribution >= 4 is 5.97 Å². The van der Waals surface area contributed by atoms with Gasteiger partial charge in [0, 0.05) is 29.7 Å². The number of benzene rings is 4. The number of hydrogen-bond donors (Lipinski definition) is 2. The van der Waals surface area contributed by atoms with Crippen LogP contribution in [0.4, 0.5) is 0 Å². The standard InChI is InChI=1S/C33H27NO4/c1-38-33(37)30(19-23-17-18-31(35)32(36)20-23)34-28(25-13-7-3-8-14-25)21-27(24-11-5-2-6-12-24)22-29(34)26-15-9-4-10-16-26/h2-18,20-22,30H,19H2,1H3,(H-,35,36)/p+1. The first-order valence-corrected chi connectivity index (χ1v) is 12.4. The molecular weight excluding hydrogens is 474 g/mol. The van der Waals surface area contributed by atoms with Crippen LogP contribution in [0, 0.1) is 0 Å². The summed E-state index contributed by atoms with van der Waals surface area (Å²) in [5.41, 5.74) is 6.37. The van der Waals surface area contributed by atoms with Gasteiger partial charge < -0.3 is 14.9 Å². The molecule has 38 heavy (non-hydrogen) atoms. The Kier molecular flexibility index (Phi) is 7.18. The summed E-state index contributed by atoms with van der Waals surface area (Å²) in [6.45, 7) is 0. The Morgan fingerprint density at radius 2 is 1.16 bits per heavy atom. The molecule has 1 atom stereocenters. The third-order valence-electron chi connectivity index (χ3n) is 6.60. The highest BCUT2D eigenvalue weighted by molar-refractivity contribution is 5.77. The summed E-state index contributed by atoms with van der Waals surface area (Å²) in [6, 6.07) is 38.1. The number of esters is 1. The van der Waals surface area contributed by atoms with Crippen LogP contribution >= 0.6 is 0 Å². The van der Waals surface area contributed by atoms with Gasteiger partial charge in [-0.25, -0.2) is 4.79 Å². The minimum atomic E-state index is -0.751. The van der Waals surface area contributed by atoms with E-state index in [1.807, 2.05) is 83.4 Å². The zero-order chi connectivity index (χ0) is 26.5. The fourth-order valence-electron chi connectivity index (χ4n) is 4.74. The van der Waals surface area contributed by atoms with Gasteiger partial charge in [0.1, 0.15) is 0 Å². The van der Waals surface area contributed by atoms with Gasteiger partial charge >= 0.3 is 5.97 Å². The van der Waals surface area contributed by atoms with E-state index < -0.39 is 12.0 Å². The number of phenolic OH excluding ortho intramolecular Hbond substituents is 2. The smallest absolute Gasteiger partial charge is 0.376 e. The maximum atomic E-state index is 13.4. The van der Waals surface area contributed by atoms with Crippen LogP contribution in [-0.2, 0) is 16.0 Å². The quantitative estimate of drug-likeness (QED) is 0.155. The number of phenols is 2. The summed E-state index contributed by atoms with van der Waals surface area (Å²) < 4.78 is 7.34. The Balaban J connectivity index is 1.81. The zero-order valence-electron chi connectivity index (χ0n) is 21.0. The van der Waals surface area contributed by atoms with Crippen molar-refractivity contribution in [2.75, 3.05) is 7.11 Å². The highest BCUT2D eigenvalue weighted by Crippen LogP contribution is 2.32. The Morgan fingerprint density at radius 1 is 0.658 bits per heavy atom. The van der Waals surface area contributed by atoms with Crippen LogP contribution in [0.15, 0.2) is 121 Å². The van der Waals surface area contributed by atoms with E-state index in [1.165, 1.54) is 19.2 Å². The number of pyridine rings is 1. The van der Waals surface area contributed by atoms with Gasteiger partial charge in [0.05, 0.1) is 7.11 Å². The molecule has 4 aromatic carbocycles. The van der Waals surface area contributed by atoms with Gasteiger partial charge in [0.25, 0.3) is 6.04 Å². The number of carbonyl (C=O) groups is 1. The number of carbonyl (C=O) groups excluding carboxylic acids is 1. The molecule has 5 aromatic rings. The highest BCUT2D eigenvalue weighted by Gasteiger charge is 2.36. The highest BCUT2D eigenvalue weighted by atomic mass is 16.5. The minimum Gasteiger partial charge on any atom is -0.504 e. The van der Waals surface area contributed by atoms with Crippen molar-refractivity contribution in [1.29, 1.82) is 0 Å². The Labute approximate surface area is 221 Å². The lowest BCUT2D eigenvalue weighted by Gasteiger charge is -2.19. The number of methoxy groups -OCH3 is 1. The number of rotatable bonds is 7. The largest absolute Gasteiger partial charge is 0.504 e. The fraction of sp³-hybridized carbons (Fsp3) is 0.0909. The number of nitrogens with zero attached hydrogens (tertiary/aromatic N) is 1. The summed E-state index contributed by atoms with van der Waals surface area (Å²) in [7, 11) is 1.38. The third kappa shape index (κ3) is 5.13. The summed E-state index contributed by atoms with van der Waals surface area (Å²) in [4.78, 5) is 13.4. The normalized spacial score (nSPS) is 11.6. The van der Waals surface area contributed by atoms with Crippen LogP contribution in [0.5, 0.6) is 11.5 Å². The first kappa shape index (κ1) is 24.8. The monoisotopic (exact) mass is 502 g/mol. The molecule has 0 aliphatic carbocycles. The average Bonchev–Trinajstić information content (AvgIpc) is 2.98. The lowest BCUT2D eigenvalue weighted by atomic mass is 9.96. The van der Waals surface area contributed by atoms with E-state index in [0.29, 0.717) is 5.56 Å². The van der Waals surface area contributed by atoms with E-state index in [-0.39, 0.29) is 17.9 Å². The summed E-state index contributed by atoms with van der Waals surface area (Å²) in [5, 5.41) is 20.0. The van der Waals surface area contributed by atoms with Gasteiger partial charge in [-0.05, 0) is 53.1 Å². The van der Waals surface area contributed by atoms with E-state index in [2.05, 4.69) is 24.3 Å². The van der Waals surface area contributed by atoms with Gasteiger partial charge in [0.15, 0.2) is 11.5 Å². The van der Waals surface area contributed by atoms with Gasteiger partial charge in [-0.1, -0.05) is 72.8 Å². The summed E-state index contributed by atoms with van der Waals surface area (Å²) in [6.07, 6.45) is 0.246. The van der Waals surface area contributed by atoms with Crippen LogP contribution in [0.3, 0.4) is 0 Å². The molecule has 0 bridgehead atoms. The number of ether oxygens (including phenoxy) is 1. The molecule has 0 saturated carbocycles. The van der Waals surface area contributed by atoms with E-state index in [1.54, 1.807) is 6.07 Å². The first-order valence-electron chi connectivity index (χ1n) is 12.4. The Bertz CT molecular complexity index is 1490. The molecule has 5 heteroatoms. The van der Waals surface area contributed by atoms with E-state index in [9.17, 15) is 15.0 Å². The number of aromatic nitrogens is 1. The fourth-order valence-corrected chi connectivity index (χ4v) is 4.74. The maximum Gasteiger partial charge on any atom is 0.376 e. The van der Waals surface area contributed by atoms with Crippen molar-refractivity contribution < 1.29 is 24.3 Å².